The molecule has 0 radical (unpaired) electrons. The molecule has 1 saturated heterocycles. The number of fused-ring (bicyclic) bond motifs is 2. The Kier molecular flexibility index (Phi) is 6.83. The van der Waals surface area contributed by atoms with Crippen molar-refractivity contribution in [3.05, 3.63) is 16.1 Å². The third kappa shape index (κ3) is 3.63. The molecule has 5 nitrogen and oxygen atoms in total. The molecule has 26 heavy (non-hydrogen) atoms. The predicted octanol–water partition coefficient (Wildman–Crippen LogP) is 3.38. The Morgan fingerprint density at radius 2 is 2.23 bits per heavy atom. The van der Waals surface area contributed by atoms with Crippen LogP contribution < -0.4 is 10.6 Å². The van der Waals surface area contributed by atoms with E-state index in [-0.39, 0.29) is 24.0 Å². The molecule has 2 aliphatic carbocycles. The topological polar surface area (TPSA) is 58.5 Å². The van der Waals surface area contributed by atoms with Gasteiger partial charge in [-0.15, -0.1) is 35.3 Å². The summed E-state index contributed by atoms with van der Waals surface area (Å²) in [4.78, 5) is 10.3. The molecule has 1 aromatic rings. The fraction of sp³-hybridized carbons (Fsp3) is 0.789. The number of ether oxygens (including phenoxy) is 1. The first-order valence-electron chi connectivity index (χ1n) is 9.79. The molecule has 3 atom stereocenters. The number of hydrogen-bond acceptors (Lipinski definition) is 4. The van der Waals surface area contributed by atoms with Crippen molar-refractivity contribution in [3.63, 3.8) is 0 Å². The van der Waals surface area contributed by atoms with Crippen LogP contribution in [0.2, 0.25) is 0 Å². The van der Waals surface area contributed by atoms with Gasteiger partial charge in [0.1, 0.15) is 0 Å². The molecule has 3 aliphatic rings. The van der Waals surface area contributed by atoms with E-state index in [4.69, 9.17) is 4.74 Å². The predicted molar refractivity (Wildman–Crippen MR) is 118 cm³/mol. The van der Waals surface area contributed by atoms with Gasteiger partial charge in [-0.25, -0.2) is 4.98 Å². The summed E-state index contributed by atoms with van der Waals surface area (Å²) in [5.74, 6) is 1.61. The molecule has 0 bridgehead atoms. The summed E-state index contributed by atoms with van der Waals surface area (Å²) in [6.45, 7) is 3.99. The first-order chi connectivity index (χ1) is 12.3. The highest BCUT2D eigenvalue weighted by Gasteiger charge is 2.65. The molecular weight excluding hydrogens is 459 g/mol. The number of rotatable bonds is 5. The Labute approximate surface area is 177 Å². The molecule has 2 N–H and O–H groups in total. The van der Waals surface area contributed by atoms with Gasteiger partial charge < -0.3 is 15.4 Å². The largest absolute Gasteiger partial charge is 0.377 e. The van der Waals surface area contributed by atoms with Crippen molar-refractivity contribution in [2.45, 2.75) is 64.0 Å². The van der Waals surface area contributed by atoms with Crippen molar-refractivity contribution in [1.82, 2.24) is 15.6 Å². The smallest absolute Gasteiger partial charge is 0.191 e. The van der Waals surface area contributed by atoms with Crippen molar-refractivity contribution >= 4 is 41.3 Å². The van der Waals surface area contributed by atoms with Crippen LogP contribution in [0, 0.1) is 11.3 Å². The number of hydrogen-bond donors (Lipinski definition) is 2. The Morgan fingerprint density at radius 1 is 1.42 bits per heavy atom. The Balaban J connectivity index is 0.00000196. The average molecular weight is 490 g/mol. The Hall–Kier alpha value is -0.410. The second-order valence-electron chi connectivity index (χ2n) is 7.63. The third-order valence-corrected chi connectivity index (χ3v) is 7.58. The quantitative estimate of drug-likeness (QED) is 0.378. The van der Waals surface area contributed by atoms with Gasteiger partial charge in [-0.3, -0.25) is 4.99 Å². The average Bonchev–Trinajstić information content (AvgIpc) is 3.37. The zero-order valence-electron chi connectivity index (χ0n) is 15.8. The van der Waals surface area contributed by atoms with Gasteiger partial charge in [-0.1, -0.05) is 19.8 Å². The van der Waals surface area contributed by atoms with Crippen molar-refractivity contribution < 1.29 is 4.74 Å². The van der Waals surface area contributed by atoms with E-state index in [1.165, 1.54) is 42.0 Å². The van der Waals surface area contributed by atoms with Gasteiger partial charge >= 0.3 is 0 Å². The van der Waals surface area contributed by atoms with Crippen LogP contribution in [0.5, 0.6) is 0 Å². The van der Waals surface area contributed by atoms with Crippen LogP contribution in [0.15, 0.2) is 11.2 Å². The molecule has 3 unspecified atom stereocenters. The highest BCUT2D eigenvalue weighted by atomic mass is 127. The number of aromatic nitrogens is 1. The first-order valence-corrected chi connectivity index (χ1v) is 10.6. The first kappa shape index (κ1) is 20.3. The van der Waals surface area contributed by atoms with Crippen LogP contribution in [0.1, 0.15) is 48.9 Å². The minimum Gasteiger partial charge on any atom is -0.377 e. The third-order valence-electron chi connectivity index (χ3n) is 6.38. The van der Waals surface area contributed by atoms with E-state index in [0.717, 1.165) is 32.0 Å². The molecular formula is C19H31IN4OS. The van der Waals surface area contributed by atoms with Gasteiger partial charge in [0.05, 0.1) is 11.1 Å². The minimum absolute atomic E-state index is 0. The van der Waals surface area contributed by atoms with E-state index >= 15 is 0 Å². The lowest BCUT2D eigenvalue weighted by molar-refractivity contribution is -0.125. The fourth-order valence-corrected chi connectivity index (χ4v) is 6.02. The Morgan fingerprint density at radius 3 is 2.92 bits per heavy atom. The summed E-state index contributed by atoms with van der Waals surface area (Å²) in [5.41, 5.74) is 0.365. The molecule has 1 aromatic heterocycles. The van der Waals surface area contributed by atoms with E-state index in [2.05, 4.69) is 27.5 Å². The van der Waals surface area contributed by atoms with Gasteiger partial charge in [-0.2, -0.15) is 0 Å². The van der Waals surface area contributed by atoms with Crippen molar-refractivity contribution in [2.75, 3.05) is 20.2 Å². The van der Waals surface area contributed by atoms with Crippen LogP contribution in [-0.2, 0) is 17.6 Å². The summed E-state index contributed by atoms with van der Waals surface area (Å²) in [7, 11) is 1.87. The van der Waals surface area contributed by atoms with Crippen LogP contribution >= 0.6 is 35.3 Å². The molecule has 1 aliphatic heterocycles. The van der Waals surface area contributed by atoms with E-state index in [1.807, 2.05) is 24.6 Å². The number of aliphatic imine (C=N–C) groups is 1. The summed E-state index contributed by atoms with van der Waals surface area (Å²) < 4.78 is 6.08. The van der Waals surface area contributed by atoms with Crippen LogP contribution in [0.3, 0.4) is 0 Å². The number of guanidine groups is 1. The summed E-state index contributed by atoms with van der Waals surface area (Å²) in [5, 5.41) is 8.46. The number of halogens is 1. The highest BCUT2D eigenvalue weighted by Crippen LogP contribution is 2.60. The molecule has 0 aromatic carbocycles. The maximum atomic E-state index is 6.08. The zero-order chi connectivity index (χ0) is 17.3. The SMILES string of the molecule is CCc1cnc(CCNC(=NC)NC2C3CCOC3C23CCCC3)s1.I. The number of nitrogens with zero attached hydrogens (tertiary/aromatic N) is 2. The van der Waals surface area contributed by atoms with Gasteiger partial charge in [0, 0.05) is 55.1 Å². The molecule has 1 spiro atoms. The van der Waals surface area contributed by atoms with Crippen molar-refractivity contribution in [3.8, 4) is 0 Å². The van der Waals surface area contributed by atoms with Crippen LogP contribution in [-0.4, -0.2) is 43.3 Å². The Bertz CT molecular complexity index is 629. The number of nitrogens with one attached hydrogen (secondary N) is 2. The van der Waals surface area contributed by atoms with E-state index in [9.17, 15) is 0 Å². The number of aryl methyl sites for hydroxylation is 1. The standard InChI is InChI=1S/C19H30N4OS.HI/c1-3-13-12-22-15(25-13)6-10-21-18(20-2)23-16-14-7-11-24-17(14)19(16)8-4-5-9-19;/h12,14,16-17H,3-11H2,1-2H3,(H2,20,21,23);1H. The van der Waals surface area contributed by atoms with Crippen molar-refractivity contribution in [1.29, 1.82) is 0 Å². The lowest BCUT2D eigenvalue weighted by atomic mass is 9.54. The summed E-state index contributed by atoms with van der Waals surface area (Å²) in [6.07, 6.45) is 11.0. The maximum Gasteiger partial charge on any atom is 0.191 e. The number of thiazole rings is 1. The molecule has 7 heteroatoms. The van der Waals surface area contributed by atoms with Gasteiger partial charge in [0.25, 0.3) is 0 Å². The maximum absolute atomic E-state index is 6.08. The molecule has 0 amide bonds. The fourth-order valence-electron chi connectivity index (χ4n) is 5.16. The lowest BCUT2D eigenvalue weighted by Gasteiger charge is -2.57. The second-order valence-corrected chi connectivity index (χ2v) is 8.83. The van der Waals surface area contributed by atoms with E-state index < -0.39 is 0 Å². The van der Waals surface area contributed by atoms with Gasteiger partial charge in [-0.05, 0) is 25.7 Å². The molecule has 2 saturated carbocycles. The molecule has 146 valence electrons. The van der Waals surface area contributed by atoms with E-state index in [1.54, 1.807) is 0 Å². The minimum atomic E-state index is 0. The summed E-state index contributed by atoms with van der Waals surface area (Å²) >= 11 is 1.82. The molecule has 3 fully saturated rings. The van der Waals surface area contributed by atoms with E-state index in [0.29, 0.717) is 23.5 Å². The summed E-state index contributed by atoms with van der Waals surface area (Å²) in [6, 6.07) is 0.528. The van der Waals surface area contributed by atoms with Crippen LogP contribution in [0.25, 0.3) is 0 Å². The normalized spacial score (nSPS) is 29.2. The monoisotopic (exact) mass is 490 g/mol. The lowest BCUT2D eigenvalue weighted by Crippen LogP contribution is -2.69. The zero-order valence-corrected chi connectivity index (χ0v) is 18.9. The molecule has 2 heterocycles. The van der Waals surface area contributed by atoms with Crippen molar-refractivity contribution in [2.24, 2.45) is 16.3 Å². The van der Waals surface area contributed by atoms with Crippen LogP contribution in [0.4, 0.5) is 0 Å². The van der Waals surface area contributed by atoms with Gasteiger partial charge in [0.15, 0.2) is 5.96 Å². The van der Waals surface area contributed by atoms with Gasteiger partial charge in [0.2, 0.25) is 0 Å². The second kappa shape index (κ2) is 8.73. The molecule has 4 rings (SSSR count). The highest BCUT2D eigenvalue weighted by molar-refractivity contribution is 14.0.